The van der Waals surface area contributed by atoms with Gasteiger partial charge in [0, 0.05) is 0 Å². The Labute approximate surface area is 185 Å². The van der Waals surface area contributed by atoms with Gasteiger partial charge >= 0.3 is 0 Å². The molecule has 0 aliphatic heterocycles. The molecule has 0 radical (unpaired) electrons. The predicted molar refractivity (Wildman–Crippen MR) is 123 cm³/mol. The van der Waals surface area contributed by atoms with E-state index in [1.54, 1.807) is 31.2 Å². The zero-order valence-corrected chi connectivity index (χ0v) is 19.4. The van der Waals surface area contributed by atoms with Crippen LogP contribution in [0, 0.1) is 0 Å². The summed E-state index contributed by atoms with van der Waals surface area (Å²) in [7, 11) is -3.67. The normalized spacial score (nSPS) is 12.1. The monoisotopic (exact) mass is 448 g/mol. The Morgan fingerprint density at radius 1 is 1.00 bits per heavy atom. The van der Waals surface area contributed by atoms with Crippen molar-refractivity contribution in [3.05, 3.63) is 54.1 Å². The van der Waals surface area contributed by atoms with E-state index in [-0.39, 0.29) is 13.2 Å². The number of hydrogen-bond donors (Lipinski definition) is 1. The van der Waals surface area contributed by atoms with Gasteiger partial charge in [-0.15, -0.1) is 0 Å². The molecule has 1 N–H and O–H groups in total. The lowest BCUT2D eigenvalue weighted by atomic mass is 10.1. The van der Waals surface area contributed by atoms with Gasteiger partial charge in [-0.2, -0.15) is 0 Å². The Morgan fingerprint density at radius 2 is 1.58 bits per heavy atom. The largest absolute Gasteiger partial charge is 0.494 e. The first-order valence-electron chi connectivity index (χ1n) is 10.5. The highest BCUT2D eigenvalue weighted by atomic mass is 32.2. The topological polar surface area (TPSA) is 84.9 Å². The van der Waals surface area contributed by atoms with E-state index < -0.39 is 22.0 Å². The molecular weight excluding hydrogens is 416 g/mol. The third-order valence-corrected chi connectivity index (χ3v) is 5.86. The molecular formula is C23H32N2O5S. The molecule has 8 heteroatoms. The second-order valence-corrected chi connectivity index (χ2v) is 9.05. The molecule has 0 aliphatic carbocycles. The summed E-state index contributed by atoms with van der Waals surface area (Å²) in [6, 6.07) is 13.6. The highest BCUT2D eigenvalue weighted by molar-refractivity contribution is 7.92. The van der Waals surface area contributed by atoms with Crippen LogP contribution in [0.5, 0.6) is 11.5 Å². The van der Waals surface area contributed by atoms with Crippen LogP contribution in [-0.2, 0) is 21.2 Å². The maximum absolute atomic E-state index is 12.6. The molecule has 0 aromatic heterocycles. The Kier molecular flexibility index (Phi) is 9.18. The number of hydrogen-bond acceptors (Lipinski definition) is 5. The number of nitrogens with one attached hydrogen (secondary N) is 1. The second-order valence-electron chi connectivity index (χ2n) is 7.20. The molecule has 1 amide bonds. The first kappa shape index (κ1) is 24.5. The van der Waals surface area contributed by atoms with Gasteiger partial charge < -0.3 is 14.8 Å². The number of rotatable bonds is 12. The first-order chi connectivity index (χ1) is 14.8. The van der Waals surface area contributed by atoms with E-state index in [1.807, 2.05) is 31.2 Å². The van der Waals surface area contributed by atoms with Gasteiger partial charge in [-0.3, -0.25) is 9.10 Å². The van der Waals surface area contributed by atoms with Crippen LogP contribution in [0.3, 0.4) is 0 Å². The summed E-state index contributed by atoms with van der Waals surface area (Å²) in [6.45, 7) is 6.62. The average Bonchev–Trinajstić information content (AvgIpc) is 2.73. The van der Waals surface area contributed by atoms with E-state index in [1.165, 1.54) is 5.56 Å². The Balaban J connectivity index is 1.93. The van der Waals surface area contributed by atoms with Crippen LogP contribution in [-0.4, -0.2) is 46.4 Å². The van der Waals surface area contributed by atoms with Crippen LogP contribution >= 0.6 is 0 Å². The Morgan fingerprint density at radius 3 is 2.13 bits per heavy atom. The number of amides is 1. The second kappa shape index (κ2) is 11.6. The summed E-state index contributed by atoms with van der Waals surface area (Å²) in [5, 5.41) is 2.74. The van der Waals surface area contributed by atoms with Crippen molar-refractivity contribution in [2.24, 2.45) is 0 Å². The van der Waals surface area contributed by atoms with Crippen LogP contribution in [0.4, 0.5) is 5.69 Å². The first-order valence-corrected chi connectivity index (χ1v) is 12.3. The molecule has 0 bridgehead atoms. The number of nitrogens with zero attached hydrogens (tertiary/aromatic N) is 1. The summed E-state index contributed by atoms with van der Waals surface area (Å²) >= 11 is 0. The molecule has 0 fully saturated rings. The number of ether oxygens (including phenoxy) is 2. The fourth-order valence-electron chi connectivity index (χ4n) is 3.20. The van der Waals surface area contributed by atoms with Gasteiger partial charge in [0.05, 0.1) is 25.1 Å². The molecule has 2 aromatic carbocycles. The third-order valence-electron chi connectivity index (χ3n) is 4.62. The fourth-order valence-corrected chi connectivity index (χ4v) is 4.37. The zero-order valence-electron chi connectivity index (χ0n) is 18.6. The van der Waals surface area contributed by atoms with E-state index in [4.69, 9.17) is 9.47 Å². The van der Waals surface area contributed by atoms with Crippen LogP contribution < -0.4 is 19.1 Å². The number of aryl methyl sites for hydroxylation is 1. The fraction of sp³-hybridized carbons (Fsp3) is 0.435. The zero-order chi connectivity index (χ0) is 22.9. The molecule has 0 unspecified atom stereocenters. The van der Waals surface area contributed by atoms with E-state index in [2.05, 4.69) is 12.2 Å². The van der Waals surface area contributed by atoms with Crippen LogP contribution in [0.15, 0.2) is 48.5 Å². The third kappa shape index (κ3) is 7.47. The van der Waals surface area contributed by atoms with Gasteiger partial charge in [-0.25, -0.2) is 8.42 Å². The highest BCUT2D eigenvalue weighted by Crippen LogP contribution is 2.24. The molecule has 2 aromatic rings. The maximum atomic E-state index is 12.6. The summed E-state index contributed by atoms with van der Waals surface area (Å²) in [5.74, 6) is 0.965. The van der Waals surface area contributed by atoms with Crippen molar-refractivity contribution in [2.75, 3.05) is 30.3 Å². The quantitative estimate of drug-likeness (QED) is 0.503. The highest BCUT2D eigenvalue weighted by Gasteiger charge is 2.28. The standard InChI is InChI=1S/C23H32N2O5S/c1-5-7-19-8-12-22(13-9-19)30-17-16-24-23(26)18(3)25(31(4,27)28)20-10-14-21(15-11-20)29-6-2/h8-15,18H,5-7,16-17H2,1-4H3,(H,24,26)/t18-/m1/s1. The molecule has 170 valence electrons. The SMILES string of the molecule is CCCc1ccc(OCCNC(=O)[C@@H](C)N(c2ccc(OCC)cc2)S(C)(=O)=O)cc1. The van der Waals surface area contributed by atoms with Gasteiger partial charge in [-0.05, 0) is 62.2 Å². The van der Waals surface area contributed by atoms with Gasteiger partial charge in [0.25, 0.3) is 0 Å². The van der Waals surface area contributed by atoms with Gasteiger partial charge in [-0.1, -0.05) is 25.5 Å². The predicted octanol–water partition coefficient (Wildman–Crippen LogP) is 3.39. The molecule has 0 saturated heterocycles. The molecule has 2 rings (SSSR count). The van der Waals surface area contributed by atoms with Crippen molar-refractivity contribution in [1.82, 2.24) is 5.32 Å². The number of carbonyl (C=O) groups is 1. The molecule has 0 saturated carbocycles. The molecule has 0 spiro atoms. The maximum Gasteiger partial charge on any atom is 0.243 e. The molecule has 0 aliphatic rings. The number of sulfonamides is 1. The molecule has 31 heavy (non-hydrogen) atoms. The van der Waals surface area contributed by atoms with Crippen molar-refractivity contribution < 1.29 is 22.7 Å². The van der Waals surface area contributed by atoms with E-state index in [0.717, 1.165) is 29.2 Å². The number of benzene rings is 2. The average molecular weight is 449 g/mol. The Hall–Kier alpha value is -2.74. The van der Waals surface area contributed by atoms with Crippen molar-refractivity contribution in [3.8, 4) is 11.5 Å². The van der Waals surface area contributed by atoms with Crippen molar-refractivity contribution >= 4 is 21.6 Å². The van der Waals surface area contributed by atoms with E-state index in [9.17, 15) is 13.2 Å². The minimum atomic E-state index is -3.67. The van der Waals surface area contributed by atoms with Crippen LogP contribution in [0.2, 0.25) is 0 Å². The molecule has 7 nitrogen and oxygen atoms in total. The van der Waals surface area contributed by atoms with Crippen LogP contribution in [0.25, 0.3) is 0 Å². The van der Waals surface area contributed by atoms with Gasteiger partial charge in [0.2, 0.25) is 15.9 Å². The number of carbonyl (C=O) groups excluding carboxylic acids is 1. The van der Waals surface area contributed by atoms with Crippen LogP contribution in [0.1, 0.15) is 32.8 Å². The lowest BCUT2D eigenvalue weighted by Crippen LogP contribution is -2.48. The lowest BCUT2D eigenvalue weighted by Gasteiger charge is -2.28. The number of anilines is 1. The van der Waals surface area contributed by atoms with Crippen molar-refractivity contribution in [1.29, 1.82) is 0 Å². The summed E-state index contributed by atoms with van der Waals surface area (Å²) in [6.07, 6.45) is 3.20. The van der Waals surface area contributed by atoms with E-state index in [0.29, 0.717) is 18.0 Å². The van der Waals surface area contributed by atoms with Crippen molar-refractivity contribution in [2.45, 2.75) is 39.7 Å². The van der Waals surface area contributed by atoms with E-state index >= 15 is 0 Å². The lowest BCUT2D eigenvalue weighted by molar-refractivity contribution is -0.121. The molecule has 0 heterocycles. The molecule has 1 atom stereocenters. The van der Waals surface area contributed by atoms with Crippen molar-refractivity contribution in [3.63, 3.8) is 0 Å². The summed E-state index contributed by atoms with van der Waals surface area (Å²) < 4.78 is 36.9. The smallest absolute Gasteiger partial charge is 0.243 e. The minimum absolute atomic E-state index is 0.265. The Bertz CT molecular complexity index is 927. The summed E-state index contributed by atoms with van der Waals surface area (Å²) in [5.41, 5.74) is 1.66. The minimum Gasteiger partial charge on any atom is -0.494 e. The van der Waals surface area contributed by atoms with Gasteiger partial charge in [0.15, 0.2) is 0 Å². The summed E-state index contributed by atoms with van der Waals surface area (Å²) in [4.78, 5) is 12.6. The van der Waals surface area contributed by atoms with Gasteiger partial charge in [0.1, 0.15) is 24.1 Å².